The van der Waals surface area contributed by atoms with E-state index in [1.807, 2.05) is 13.8 Å². The van der Waals surface area contributed by atoms with Crippen LogP contribution in [0.5, 0.6) is 5.75 Å². The summed E-state index contributed by atoms with van der Waals surface area (Å²) in [5.74, 6) is -0.714. The van der Waals surface area contributed by atoms with Gasteiger partial charge >= 0.3 is 0 Å². The maximum absolute atomic E-state index is 13.3. The second-order valence-corrected chi connectivity index (χ2v) is 5.53. The number of aromatic nitrogens is 1. The van der Waals surface area contributed by atoms with Crippen LogP contribution in [-0.2, 0) is 11.3 Å². The number of nitrogens with zero attached hydrogens (tertiary/aromatic N) is 1. The second kappa shape index (κ2) is 6.47. The molecule has 2 rings (SSSR count). The topological polar surface area (TPSA) is 51.2 Å². The summed E-state index contributed by atoms with van der Waals surface area (Å²) in [7, 11) is 0. The molecule has 0 saturated carbocycles. The van der Waals surface area contributed by atoms with E-state index in [9.17, 15) is 9.18 Å². The van der Waals surface area contributed by atoms with E-state index in [1.54, 1.807) is 23.5 Å². The number of para-hydroxylation sites is 1. The van der Waals surface area contributed by atoms with Crippen molar-refractivity contribution >= 4 is 17.2 Å². The molecule has 0 atom stereocenters. The normalized spacial score (nSPS) is 10.3. The average Bonchev–Trinajstić information content (AvgIpc) is 2.75. The van der Waals surface area contributed by atoms with Crippen molar-refractivity contribution in [1.29, 1.82) is 0 Å². The van der Waals surface area contributed by atoms with Crippen molar-refractivity contribution in [3.8, 4) is 5.75 Å². The summed E-state index contributed by atoms with van der Waals surface area (Å²) in [5.41, 5.74) is 0.974. The number of rotatable bonds is 5. The van der Waals surface area contributed by atoms with Crippen molar-refractivity contribution in [2.24, 2.45) is 0 Å². The number of amides is 1. The van der Waals surface area contributed by atoms with Gasteiger partial charge in [0, 0.05) is 4.88 Å². The average molecular weight is 294 g/mol. The Balaban J connectivity index is 1.80. The van der Waals surface area contributed by atoms with Crippen LogP contribution in [0.25, 0.3) is 0 Å². The summed E-state index contributed by atoms with van der Waals surface area (Å²) in [6, 6.07) is 5.98. The summed E-state index contributed by atoms with van der Waals surface area (Å²) in [4.78, 5) is 17.1. The highest BCUT2D eigenvalue weighted by Gasteiger charge is 2.08. The highest BCUT2D eigenvalue weighted by molar-refractivity contribution is 7.11. The predicted octanol–water partition coefficient (Wildman–Crippen LogP) is 2.59. The first kappa shape index (κ1) is 14.5. The number of nitrogens with one attached hydrogen (secondary N) is 1. The summed E-state index contributed by atoms with van der Waals surface area (Å²) in [5, 5.41) is 3.54. The molecular formula is C14H15FN2O2S. The number of thiazole rings is 1. The lowest BCUT2D eigenvalue weighted by Gasteiger charge is -2.07. The first-order valence-corrected chi connectivity index (χ1v) is 6.95. The van der Waals surface area contributed by atoms with Crippen LogP contribution in [0.2, 0.25) is 0 Å². The van der Waals surface area contributed by atoms with E-state index < -0.39 is 5.82 Å². The maximum atomic E-state index is 13.3. The Kier molecular flexibility index (Phi) is 4.68. The lowest BCUT2D eigenvalue weighted by Crippen LogP contribution is -2.28. The lowest BCUT2D eigenvalue weighted by molar-refractivity contribution is -0.123. The number of halogens is 1. The van der Waals surface area contributed by atoms with Crippen LogP contribution in [0.15, 0.2) is 24.3 Å². The third-order valence-electron chi connectivity index (χ3n) is 2.71. The van der Waals surface area contributed by atoms with E-state index in [4.69, 9.17) is 4.74 Å². The van der Waals surface area contributed by atoms with Gasteiger partial charge in [0.2, 0.25) is 0 Å². The number of benzene rings is 1. The van der Waals surface area contributed by atoms with E-state index in [0.717, 1.165) is 15.6 Å². The van der Waals surface area contributed by atoms with Gasteiger partial charge in [0.25, 0.3) is 5.91 Å². The molecule has 0 spiro atoms. The molecule has 1 heterocycles. The van der Waals surface area contributed by atoms with Crippen LogP contribution in [0, 0.1) is 19.7 Å². The summed E-state index contributed by atoms with van der Waals surface area (Å²) < 4.78 is 18.4. The molecule has 1 N–H and O–H groups in total. The minimum Gasteiger partial charge on any atom is -0.481 e. The standard InChI is InChI=1S/C14H15FN2O2S/c1-9-10(2)20-14(17-9)7-16-13(18)8-19-12-6-4-3-5-11(12)15/h3-6H,7-8H2,1-2H3,(H,16,18). The zero-order valence-electron chi connectivity index (χ0n) is 11.3. The number of hydrogen-bond donors (Lipinski definition) is 1. The minimum absolute atomic E-state index is 0.0728. The summed E-state index contributed by atoms with van der Waals surface area (Å²) in [6.07, 6.45) is 0. The molecule has 0 saturated heterocycles. The van der Waals surface area contributed by atoms with Gasteiger partial charge in [-0.25, -0.2) is 9.37 Å². The van der Waals surface area contributed by atoms with Crippen molar-refractivity contribution in [2.45, 2.75) is 20.4 Å². The SMILES string of the molecule is Cc1nc(CNC(=O)COc2ccccc2F)sc1C. The van der Waals surface area contributed by atoms with Crippen LogP contribution >= 0.6 is 11.3 Å². The van der Waals surface area contributed by atoms with E-state index >= 15 is 0 Å². The Morgan fingerprint density at radius 3 is 2.80 bits per heavy atom. The Labute approximate surface area is 120 Å². The first-order chi connectivity index (χ1) is 9.56. The minimum atomic E-state index is -0.480. The van der Waals surface area contributed by atoms with E-state index in [0.29, 0.717) is 6.54 Å². The molecule has 0 radical (unpaired) electrons. The van der Waals surface area contributed by atoms with E-state index in [-0.39, 0.29) is 18.3 Å². The fourth-order valence-electron chi connectivity index (χ4n) is 1.55. The van der Waals surface area contributed by atoms with Crippen LogP contribution in [-0.4, -0.2) is 17.5 Å². The monoisotopic (exact) mass is 294 g/mol. The predicted molar refractivity (Wildman–Crippen MR) is 75.3 cm³/mol. The fourth-order valence-corrected chi connectivity index (χ4v) is 2.42. The Bertz CT molecular complexity index is 593. The number of hydrogen-bond acceptors (Lipinski definition) is 4. The molecule has 0 bridgehead atoms. The number of carbonyl (C=O) groups excluding carboxylic acids is 1. The van der Waals surface area contributed by atoms with Crippen LogP contribution < -0.4 is 10.1 Å². The molecule has 6 heteroatoms. The van der Waals surface area contributed by atoms with E-state index in [1.165, 1.54) is 12.1 Å². The third kappa shape index (κ3) is 3.77. The van der Waals surface area contributed by atoms with Gasteiger partial charge in [-0.3, -0.25) is 4.79 Å². The quantitative estimate of drug-likeness (QED) is 0.922. The van der Waals surface area contributed by atoms with Gasteiger partial charge in [0.15, 0.2) is 18.2 Å². The molecule has 106 valence electrons. The number of ether oxygens (including phenoxy) is 1. The van der Waals surface area contributed by atoms with Crippen molar-refractivity contribution in [1.82, 2.24) is 10.3 Å². The molecule has 2 aromatic rings. The highest BCUT2D eigenvalue weighted by Crippen LogP contribution is 2.16. The Morgan fingerprint density at radius 1 is 1.40 bits per heavy atom. The molecule has 1 amide bonds. The molecule has 0 aliphatic carbocycles. The van der Waals surface area contributed by atoms with Crippen molar-refractivity contribution in [3.63, 3.8) is 0 Å². The maximum Gasteiger partial charge on any atom is 0.258 e. The van der Waals surface area contributed by atoms with Crippen molar-refractivity contribution in [3.05, 3.63) is 45.7 Å². The number of aryl methyl sites for hydroxylation is 2. The third-order valence-corrected chi connectivity index (χ3v) is 3.78. The largest absolute Gasteiger partial charge is 0.481 e. The molecule has 1 aromatic carbocycles. The van der Waals surface area contributed by atoms with Crippen molar-refractivity contribution in [2.75, 3.05) is 6.61 Å². The van der Waals surface area contributed by atoms with Crippen molar-refractivity contribution < 1.29 is 13.9 Å². The second-order valence-electron chi connectivity index (χ2n) is 4.25. The smallest absolute Gasteiger partial charge is 0.258 e. The van der Waals surface area contributed by atoms with Gasteiger partial charge in [-0.1, -0.05) is 12.1 Å². The molecule has 0 aliphatic rings. The Hall–Kier alpha value is -1.95. The van der Waals surface area contributed by atoms with Gasteiger partial charge in [-0.05, 0) is 26.0 Å². The van der Waals surface area contributed by atoms with E-state index in [2.05, 4.69) is 10.3 Å². The first-order valence-electron chi connectivity index (χ1n) is 6.13. The van der Waals surface area contributed by atoms with Gasteiger partial charge in [0.05, 0.1) is 12.2 Å². The van der Waals surface area contributed by atoms with Gasteiger partial charge in [-0.2, -0.15) is 0 Å². The lowest BCUT2D eigenvalue weighted by atomic mass is 10.3. The Morgan fingerprint density at radius 2 is 2.15 bits per heavy atom. The highest BCUT2D eigenvalue weighted by atomic mass is 32.1. The fraction of sp³-hybridized carbons (Fsp3) is 0.286. The molecule has 0 unspecified atom stereocenters. The van der Waals surface area contributed by atoms with Crippen LogP contribution in [0.1, 0.15) is 15.6 Å². The molecule has 20 heavy (non-hydrogen) atoms. The van der Waals surface area contributed by atoms with Gasteiger partial charge in [0.1, 0.15) is 5.01 Å². The zero-order valence-corrected chi connectivity index (χ0v) is 12.1. The van der Waals surface area contributed by atoms with Crippen LogP contribution in [0.4, 0.5) is 4.39 Å². The molecular weight excluding hydrogens is 279 g/mol. The number of carbonyl (C=O) groups is 1. The van der Waals surface area contributed by atoms with Gasteiger partial charge < -0.3 is 10.1 Å². The zero-order chi connectivity index (χ0) is 14.5. The van der Waals surface area contributed by atoms with Crippen LogP contribution in [0.3, 0.4) is 0 Å². The molecule has 4 nitrogen and oxygen atoms in total. The molecule has 0 aliphatic heterocycles. The summed E-state index contributed by atoms with van der Waals surface area (Å²) in [6.45, 7) is 4.06. The molecule has 1 aromatic heterocycles. The molecule has 0 fully saturated rings. The van der Waals surface area contributed by atoms with Gasteiger partial charge in [-0.15, -0.1) is 11.3 Å². The summed E-state index contributed by atoms with van der Waals surface area (Å²) >= 11 is 1.55.